The average molecular weight is 474 g/mol. The van der Waals surface area contributed by atoms with Gasteiger partial charge in [0.25, 0.3) is 5.56 Å². The Balaban J connectivity index is 2.23. The van der Waals surface area contributed by atoms with Crippen LogP contribution >= 0.6 is 0 Å². The smallest absolute Gasteiger partial charge is 0.383 e. The van der Waals surface area contributed by atoms with Gasteiger partial charge in [-0.15, -0.1) is 11.0 Å². The van der Waals surface area contributed by atoms with Crippen molar-refractivity contribution in [1.29, 1.82) is 0 Å². The van der Waals surface area contributed by atoms with E-state index in [1.54, 1.807) is 11.8 Å². The van der Waals surface area contributed by atoms with Crippen molar-refractivity contribution in [2.45, 2.75) is 25.9 Å². The molecule has 1 aromatic heterocycles. The quantitative estimate of drug-likeness (QED) is 0.523. The fourth-order valence-electron chi connectivity index (χ4n) is 3.79. The molecular formula is C19H25F3N6O5. The summed E-state index contributed by atoms with van der Waals surface area (Å²) in [6, 6.07) is 0. The van der Waals surface area contributed by atoms with Gasteiger partial charge in [0.15, 0.2) is 17.8 Å². The Morgan fingerprint density at radius 3 is 2.48 bits per heavy atom. The molecule has 0 amide bonds. The highest BCUT2D eigenvalue weighted by molar-refractivity contribution is 5.80. The predicted octanol–water partition coefficient (Wildman–Crippen LogP) is -0.948. The third-order valence-corrected chi connectivity index (χ3v) is 5.32. The number of aromatic nitrogens is 2. The molecule has 182 valence electrons. The molecule has 33 heavy (non-hydrogen) atoms. The van der Waals surface area contributed by atoms with Crippen molar-refractivity contribution in [3.05, 3.63) is 20.8 Å². The third kappa shape index (κ3) is 4.70. The number of nitrogens with zero attached hydrogens (tertiary/aromatic N) is 5. The van der Waals surface area contributed by atoms with Crippen molar-refractivity contribution in [3.8, 4) is 11.8 Å². The molecule has 1 unspecified atom stereocenters. The highest BCUT2D eigenvalue weighted by atomic mass is 19.4. The van der Waals surface area contributed by atoms with Crippen LogP contribution in [0.15, 0.2) is 9.59 Å². The molecule has 1 aromatic rings. The van der Waals surface area contributed by atoms with E-state index in [1.807, 2.05) is 0 Å². The van der Waals surface area contributed by atoms with Gasteiger partial charge in [-0.2, -0.15) is 13.2 Å². The van der Waals surface area contributed by atoms with E-state index in [0.717, 1.165) is 9.13 Å². The normalized spacial score (nSPS) is 18.7. The number of hydroxylamine groups is 1. The minimum Gasteiger partial charge on any atom is -0.383 e. The molecule has 0 radical (unpaired) electrons. The lowest BCUT2D eigenvalue weighted by atomic mass is 10.3. The number of nitrogens with one attached hydrogen (secondary N) is 1. The van der Waals surface area contributed by atoms with Crippen LogP contribution in [0.25, 0.3) is 0 Å². The monoisotopic (exact) mass is 474 g/mol. The molecule has 2 aliphatic heterocycles. The first-order valence-corrected chi connectivity index (χ1v) is 10.2. The minimum atomic E-state index is -5.28. The number of piperazine rings is 1. The van der Waals surface area contributed by atoms with E-state index in [4.69, 9.17) is 9.57 Å². The summed E-state index contributed by atoms with van der Waals surface area (Å²) in [5.41, 5.74) is -1.62. The molecule has 14 heteroatoms. The second kappa shape index (κ2) is 9.86. The van der Waals surface area contributed by atoms with Gasteiger partial charge in [0.1, 0.15) is 0 Å². The van der Waals surface area contributed by atoms with E-state index in [-0.39, 0.29) is 31.2 Å². The van der Waals surface area contributed by atoms with Crippen LogP contribution in [0.3, 0.4) is 0 Å². The maximum absolute atomic E-state index is 13.4. The molecule has 1 saturated heterocycles. The first-order valence-electron chi connectivity index (χ1n) is 10.2. The second-order valence-corrected chi connectivity index (χ2v) is 7.35. The molecule has 0 bridgehead atoms. The van der Waals surface area contributed by atoms with Gasteiger partial charge in [0.2, 0.25) is 0 Å². The Kier molecular flexibility index (Phi) is 7.35. The molecule has 1 fully saturated rings. The number of ether oxygens (including phenoxy) is 1. The average Bonchev–Trinajstić information content (AvgIpc) is 3.10. The molecule has 0 spiro atoms. The van der Waals surface area contributed by atoms with Gasteiger partial charge in [-0.1, -0.05) is 5.92 Å². The lowest BCUT2D eigenvalue weighted by Gasteiger charge is -2.40. The van der Waals surface area contributed by atoms with Crippen molar-refractivity contribution in [2.24, 2.45) is 7.05 Å². The zero-order valence-electron chi connectivity index (χ0n) is 18.4. The first-order chi connectivity index (χ1) is 15.6. The molecule has 3 heterocycles. The number of fused-ring (bicyclic) bond motifs is 1. The van der Waals surface area contributed by atoms with Gasteiger partial charge < -0.3 is 19.8 Å². The largest absolute Gasteiger partial charge is 0.493 e. The SMILES string of the molecule is CC#CCN1c2c(n(C)c(=O)n(CCOC)c2=O)N(OC(=O)C(F)(F)F)C1N1CCNCC1. The topological polar surface area (TPSA) is 101 Å². The molecule has 11 nitrogen and oxygen atoms in total. The number of anilines is 2. The van der Waals surface area contributed by atoms with Crippen LogP contribution < -0.4 is 26.5 Å². The van der Waals surface area contributed by atoms with Gasteiger partial charge in [-0.25, -0.2) is 9.59 Å². The van der Waals surface area contributed by atoms with Crippen molar-refractivity contribution in [1.82, 2.24) is 19.4 Å². The number of hydrogen-bond acceptors (Lipinski definition) is 9. The Morgan fingerprint density at radius 2 is 1.91 bits per heavy atom. The van der Waals surface area contributed by atoms with Gasteiger partial charge in [0, 0.05) is 40.3 Å². The lowest BCUT2D eigenvalue weighted by molar-refractivity contribution is -0.203. The lowest BCUT2D eigenvalue weighted by Crippen LogP contribution is -2.61. The van der Waals surface area contributed by atoms with Gasteiger partial charge in [-0.05, 0) is 6.92 Å². The Morgan fingerprint density at radius 1 is 1.24 bits per heavy atom. The van der Waals surface area contributed by atoms with Crippen LogP contribution in [0, 0.1) is 11.8 Å². The fraction of sp³-hybridized carbons (Fsp3) is 0.632. The molecule has 1 atom stereocenters. The summed E-state index contributed by atoms with van der Waals surface area (Å²) in [4.78, 5) is 46.0. The molecule has 0 aromatic carbocycles. The fourth-order valence-corrected chi connectivity index (χ4v) is 3.79. The van der Waals surface area contributed by atoms with Crippen LogP contribution in [0.1, 0.15) is 6.92 Å². The maximum Gasteiger partial charge on any atom is 0.493 e. The van der Waals surface area contributed by atoms with Crippen LogP contribution in [-0.2, 0) is 28.0 Å². The number of methoxy groups -OCH3 is 1. The molecule has 1 N–H and O–H groups in total. The van der Waals surface area contributed by atoms with E-state index >= 15 is 0 Å². The van der Waals surface area contributed by atoms with Crippen LogP contribution in [0.4, 0.5) is 24.7 Å². The standard InChI is InChI=1S/C19H25F3N6O5/c1-4-5-8-26-13-14(24(2)18(31)27(15(13)29)11-12-32-3)28(33-16(30)19(20,21)22)17(26)25-9-6-23-7-10-25/h17,23H,6-12H2,1-3H3. The van der Waals surface area contributed by atoms with E-state index in [2.05, 4.69) is 17.2 Å². The van der Waals surface area contributed by atoms with E-state index < -0.39 is 29.7 Å². The van der Waals surface area contributed by atoms with Crippen molar-refractivity contribution < 1.29 is 27.5 Å². The number of carbonyl (C=O) groups is 1. The molecule has 0 aliphatic carbocycles. The van der Waals surface area contributed by atoms with Crippen molar-refractivity contribution >= 4 is 17.5 Å². The van der Waals surface area contributed by atoms with Crippen LogP contribution in [-0.4, -0.2) is 78.9 Å². The number of halogens is 3. The van der Waals surface area contributed by atoms with E-state index in [1.165, 1.54) is 19.1 Å². The summed E-state index contributed by atoms with van der Waals surface area (Å²) in [6.07, 6.45) is -6.39. The summed E-state index contributed by atoms with van der Waals surface area (Å²) in [5, 5.41) is 3.82. The number of carbonyl (C=O) groups excluding carboxylic acids is 1. The van der Waals surface area contributed by atoms with E-state index in [0.29, 0.717) is 31.2 Å². The first kappa shape index (κ1) is 24.6. The Hall–Kier alpha value is -3.02. The maximum atomic E-state index is 13.4. The van der Waals surface area contributed by atoms with Crippen molar-refractivity contribution in [2.75, 3.05) is 56.4 Å². The number of hydrogen-bond donors (Lipinski definition) is 1. The van der Waals surface area contributed by atoms with E-state index in [9.17, 15) is 27.6 Å². The number of rotatable bonds is 6. The summed E-state index contributed by atoms with van der Waals surface area (Å²) >= 11 is 0. The minimum absolute atomic E-state index is 0.0457. The summed E-state index contributed by atoms with van der Waals surface area (Å²) in [7, 11) is 2.70. The predicted molar refractivity (Wildman–Crippen MR) is 111 cm³/mol. The zero-order chi connectivity index (χ0) is 24.3. The molecule has 0 saturated carbocycles. The van der Waals surface area contributed by atoms with Crippen molar-refractivity contribution in [3.63, 3.8) is 0 Å². The molecule has 3 rings (SSSR count). The van der Waals surface area contributed by atoms with Crippen LogP contribution in [0.2, 0.25) is 0 Å². The highest BCUT2D eigenvalue weighted by Gasteiger charge is 2.50. The highest BCUT2D eigenvalue weighted by Crippen LogP contribution is 2.38. The zero-order valence-corrected chi connectivity index (χ0v) is 18.4. The summed E-state index contributed by atoms with van der Waals surface area (Å²) in [5.74, 6) is 2.79. The third-order valence-electron chi connectivity index (χ3n) is 5.32. The Bertz CT molecular complexity index is 1070. The van der Waals surface area contributed by atoms with Gasteiger partial charge >= 0.3 is 17.8 Å². The second-order valence-electron chi connectivity index (χ2n) is 7.35. The Labute approximate surface area is 187 Å². The summed E-state index contributed by atoms with van der Waals surface area (Å²) < 4.78 is 46.2. The van der Waals surface area contributed by atoms with Gasteiger partial charge in [-0.3, -0.25) is 18.8 Å². The molecular weight excluding hydrogens is 449 g/mol. The summed E-state index contributed by atoms with van der Waals surface area (Å²) in [6.45, 7) is 3.36. The molecule has 2 aliphatic rings. The number of alkyl halides is 3. The van der Waals surface area contributed by atoms with Gasteiger partial charge in [0.05, 0.1) is 19.7 Å². The van der Waals surface area contributed by atoms with Crippen LogP contribution in [0.5, 0.6) is 0 Å².